The van der Waals surface area contributed by atoms with Gasteiger partial charge in [0.25, 0.3) is 0 Å². The van der Waals surface area contributed by atoms with Crippen molar-refractivity contribution in [2.45, 2.75) is 85.5 Å². The van der Waals surface area contributed by atoms with Crippen LogP contribution in [0.3, 0.4) is 0 Å². The van der Waals surface area contributed by atoms with Crippen molar-refractivity contribution >= 4 is 24.4 Å². The molecule has 2 fully saturated rings. The van der Waals surface area contributed by atoms with Crippen molar-refractivity contribution < 1.29 is 19.2 Å². The lowest BCUT2D eigenvalue weighted by Gasteiger charge is -2.46. The van der Waals surface area contributed by atoms with Crippen LogP contribution in [-0.2, 0) is 9.31 Å². The van der Waals surface area contributed by atoms with Crippen LogP contribution in [0, 0.1) is 5.41 Å². The summed E-state index contributed by atoms with van der Waals surface area (Å²) in [5.41, 5.74) is 2.42. The fourth-order valence-corrected chi connectivity index (χ4v) is 4.28. The van der Waals surface area contributed by atoms with Crippen LogP contribution < -0.4 is 10.4 Å². The number of hydrogen-bond donors (Lipinski definition) is 1. The predicted molar refractivity (Wildman–Crippen MR) is 126 cm³/mol. The summed E-state index contributed by atoms with van der Waals surface area (Å²) >= 11 is 0. The standard InChI is InChI=1S/C24H39BN2O4/c1-16(2)17-12-18(25-30-23(6,7)24(8,9)31-25)14-19(13-17)26-10-11-27(21(28)29)20(15-26)22(3,4)5/h12-14,16,20H,10-11,15H2,1-9H3,(H,28,29). The molecule has 172 valence electrons. The predicted octanol–water partition coefficient (Wildman–Crippen LogP) is 4.32. The van der Waals surface area contributed by atoms with Crippen LogP contribution in [0.4, 0.5) is 10.5 Å². The van der Waals surface area contributed by atoms with Gasteiger partial charge in [0, 0.05) is 25.3 Å². The maximum absolute atomic E-state index is 11.8. The van der Waals surface area contributed by atoms with Gasteiger partial charge in [-0.05, 0) is 62.2 Å². The smallest absolute Gasteiger partial charge is 0.465 e. The van der Waals surface area contributed by atoms with Gasteiger partial charge in [-0.15, -0.1) is 0 Å². The molecule has 3 rings (SSSR count). The van der Waals surface area contributed by atoms with E-state index in [1.807, 2.05) is 0 Å². The van der Waals surface area contributed by atoms with Crippen molar-refractivity contribution in [3.63, 3.8) is 0 Å². The van der Waals surface area contributed by atoms with E-state index in [0.29, 0.717) is 25.6 Å². The molecule has 1 amide bonds. The topological polar surface area (TPSA) is 62.2 Å². The van der Waals surface area contributed by atoms with Crippen LogP contribution >= 0.6 is 0 Å². The molecule has 2 saturated heterocycles. The first kappa shape index (κ1) is 23.9. The van der Waals surface area contributed by atoms with E-state index >= 15 is 0 Å². The summed E-state index contributed by atoms with van der Waals surface area (Å²) in [6, 6.07) is 6.49. The molecule has 2 heterocycles. The van der Waals surface area contributed by atoms with E-state index in [1.54, 1.807) is 4.90 Å². The van der Waals surface area contributed by atoms with Gasteiger partial charge in [0.05, 0.1) is 17.2 Å². The quantitative estimate of drug-likeness (QED) is 0.724. The zero-order chi connectivity index (χ0) is 23.4. The maximum Gasteiger partial charge on any atom is 0.494 e. The molecule has 1 atom stereocenters. The summed E-state index contributed by atoms with van der Waals surface area (Å²) in [7, 11) is -0.416. The molecule has 0 bridgehead atoms. The van der Waals surface area contributed by atoms with E-state index in [9.17, 15) is 9.90 Å². The molecule has 0 aromatic heterocycles. The highest BCUT2D eigenvalue weighted by atomic mass is 16.7. The number of carbonyl (C=O) groups is 1. The third kappa shape index (κ3) is 4.72. The van der Waals surface area contributed by atoms with Crippen molar-refractivity contribution in [2.75, 3.05) is 24.5 Å². The molecule has 2 aliphatic heterocycles. The number of piperazine rings is 1. The lowest BCUT2D eigenvalue weighted by molar-refractivity contribution is 0.00578. The molecule has 0 spiro atoms. The summed E-state index contributed by atoms with van der Waals surface area (Å²) in [5, 5.41) is 9.71. The Morgan fingerprint density at radius 1 is 1.10 bits per heavy atom. The molecule has 7 heteroatoms. The Hall–Kier alpha value is -1.73. The molecule has 1 aromatic carbocycles. The first-order chi connectivity index (χ1) is 14.1. The van der Waals surface area contributed by atoms with Gasteiger partial charge in [-0.3, -0.25) is 0 Å². The minimum absolute atomic E-state index is 0.0817. The van der Waals surface area contributed by atoms with Crippen molar-refractivity contribution in [3.05, 3.63) is 23.8 Å². The summed E-state index contributed by atoms with van der Waals surface area (Å²) in [6.45, 7) is 20.8. The summed E-state index contributed by atoms with van der Waals surface area (Å²) < 4.78 is 12.6. The minimum Gasteiger partial charge on any atom is -0.465 e. The zero-order valence-corrected chi connectivity index (χ0v) is 20.7. The first-order valence-corrected chi connectivity index (χ1v) is 11.4. The second-order valence-corrected chi connectivity index (χ2v) is 11.4. The average Bonchev–Trinajstić information content (AvgIpc) is 2.87. The molecule has 1 unspecified atom stereocenters. The molecule has 0 saturated carbocycles. The maximum atomic E-state index is 11.8. The van der Waals surface area contributed by atoms with Crippen LogP contribution in [0.1, 0.15) is 73.8 Å². The number of nitrogens with zero attached hydrogens (tertiary/aromatic N) is 2. The molecule has 1 N–H and O–H groups in total. The van der Waals surface area contributed by atoms with Gasteiger partial charge in [0.15, 0.2) is 0 Å². The summed E-state index contributed by atoms with van der Waals surface area (Å²) in [5.74, 6) is 0.361. The SMILES string of the molecule is CC(C)c1cc(B2OC(C)(C)C(C)(C)O2)cc(N2CCN(C(=O)O)C(C(C)(C)C)C2)c1. The van der Waals surface area contributed by atoms with Crippen LogP contribution in [0.25, 0.3) is 0 Å². The van der Waals surface area contributed by atoms with Gasteiger partial charge in [0.1, 0.15) is 0 Å². The van der Waals surface area contributed by atoms with Crippen molar-refractivity contribution in [2.24, 2.45) is 5.41 Å². The minimum atomic E-state index is -0.839. The Bertz CT molecular complexity index is 815. The Kier molecular flexibility index (Phi) is 6.18. The van der Waals surface area contributed by atoms with Gasteiger partial charge in [-0.25, -0.2) is 4.79 Å². The number of hydrogen-bond acceptors (Lipinski definition) is 4. The summed E-state index contributed by atoms with van der Waals surface area (Å²) in [6.07, 6.45) is -0.839. The molecular formula is C24H39BN2O4. The van der Waals surface area contributed by atoms with E-state index in [0.717, 1.165) is 11.2 Å². The second kappa shape index (κ2) is 8.00. The molecule has 0 aliphatic carbocycles. The van der Waals surface area contributed by atoms with Crippen molar-refractivity contribution in [1.82, 2.24) is 4.90 Å². The number of carboxylic acid groups (broad SMARTS) is 1. The van der Waals surface area contributed by atoms with Crippen LogP contribution in [-0.4, -0.2) is 60.1 Å². The number of benzene rings is 1. The van der Waals surface area contributed by atoms with Gasteiger partial charge < -0.3 is 24.2 Å². The van der Waals surface area contributed by atoms with E-state index in [1.165, 1.54) is 5.56 Å². The normalized spacial score (nSPS) is 23.5. The van der Waals surface area contributed by atoms with Crippen LogP contribution in [0.5, 0.6) is 0 Å². The number of rotatable bonds is 3. The third-order valence-corrected chi connectivity index (χ3v) is 7.15. The molecule has 6 nitrogen and oxygen atoms in total. The number of anilines is 1. The monoisotopic (exact) mass is 430 g/mol. The van der Waals surface area contributed by atoms with Gasteiger partial charge in [0.2, 0.25) is 0 Å². The van der Waals surface area contributed by atoms with E-state index < -0.39 is 24.4 Å². The Labute approximate surface area is 188 Å². The van der Waals surface area contributed by atoms with E-state index in [2.05, 4.69) is 85.4 Å². The van der Waals surface area contributed by atoms with Gasteiger partial charge in [-0.2, -0.15) is 0 Å². The highest BCUT2D eigenvalue weighted by Gasteiger charge is 2.52. The van der Waals surface area contributed by atoms with Gasteiger partial charge in [-0.1, -0.05) is 40.7 Å². The van der Waals surface area contributed by atoms with E-state index in [4.69, 9.17) is 9.31 Å². The molecule has 31 heavy (non-hydrogen) atoms. The largest absolute Gasteiger partial charge is 0.494 e. The molecule has 2 aliphatic rings. The Balaban J connectivity index is 1.96. The van der Waals surface area contributed by atoms with Crippen LogP contribution in [0.15, 0.2) is 18.2 Å². The summed E-state index contributed by atoms with van der Waals surface area (Å²) in [4.78, 5) is 15.7. The second-order valence-electron chi connectivity index (χ2n) is 11.4. The zero-order valence-electron chi connectivity index (χ0n) is 20.7. The van der Waals surface area contributed by atoms with E-state index in [-0.39, 0.29) is 11.5 Å². The first-order valence-electron chi connectivity index (χ1n) is 11.4. The van der Waals surface area contributed by atoms with Gasteiger partial charge >= 0.3 is 13.2 Å². The number of amides is 1. The highest BCUT2D eigenvalue weighted by Crippen LogP contribution is 2.37. The average molecular weight is 430 g/mol. The van der Waals surface area contributed by atoms with Crippen molar-refractivity contribution in [1.29, 1.82) is 0 Å². The Morgan fingerprint density at radius 3 is 2.16 bits per heavy atom. The Morgan fingerprint density at radius 2 is 1.68 bits per heavy atom. The fraction of sp³-hybridized carbons (Fsp3) is 0.708. The molecular weight excluding hydrogens is 391 g/mol. The van der Waals surface area contributed by atoms with Crippen molar-refractivity contribution in [3.8, 4) is 0 Å². The van der Waals surface area contributed by atoms with Crippen LogP contribution in [0.2, 0.25) is 0 Å². The fourth-order valence-electron chi connectivity index (χ4n) is 4.28. The highest BCUT2D eigenvalue weighted by molar-refractivity contribution is 6.62. The third-order valence-electron chi connectivity index (χ3n) is 7.15. The molecule has 0 radical (unpaired) electrons. The lowest BCUT2D eigenvalue weighted by atomic mass is 9.77. The molecule has 1 aromatic rings. The lowest BCUT2D eigenvalue weighted by Crippen LogP contribution is -2.59.